The van der Waals surface area contributed by atoms with Crippen LogP contribution in [0.3, 0.4) is 0 Å². The van der Waals surface area contributed by atoms with Gasteiger partial charge in [-0.15, -0.1) is 6.58 Å². The minimum atomic E-state index is -3.47. The number of hydrogen-bond acceptors (Lipinski definition) is 5. The number of hydrogen-bond donors (Lipinski definition) is 1. The number of nitrogens with one attached hydrogen (secondary N) is 1. The van der Waals surface area contributed by atoms with Gasteiger partial charge in [0.2, 0.25) is 0 Å². The lowest BCUT2D eigenvalue weighted by molar-refractivity contribution is -0.145. The Balaban J connectivity index is 2.12. The molecule has 0 aliphatic rings. The summed E-state index contributed by atoms with van der Waals surface area (Å²) in [5, 5.41) is 3.80. The minimum absolute atomic E-state index is 0.226. The molecular formula is C19H21ClNO5P. The fourth-order valence-electron chi connectivity index (χ4n) is 2.09. The number of halogens is 1. The predicted molar refractivity (Wildman–Crippen MR) is 106 cm³/mol. The maximum absolute atomic E-state index is 13.1. The minimum Gasteiger partial charge on any atom is -0.464 e. The zero-order valence-electron chi connectivity index (χ0n) is 14.9. The van der Waals surface area contributed by atoms with Gasteiger partial charge in [0.25, 0.3) is 0 Å². The van der Waals surface area contributed by atoms with Gasteiger partial charge < -0.3 is 14.0 Å². The molecular weight excluding hydrogens is 389 g/mol. The molecule has 0 saturated carbocycles. The Morgan fingerprint density at radius 2 is 1.74 bits per heavy atom. The molecule has 1 N–H and O–H groups in total. The van der Waals surface area contributed by atoms with E-state index in [2.05, 4.69) is 11.7 Å². The Hall–Kier alpha value is -2.11. The first kappa shape index (κ1) is 21.2. The molecule has 27 heavy (non-hydrogen) atoms. The van der Waals surface area contributed by atoms with Crippen LogP contribution in [-0.4, -0.2) is 25.7 Å². The Morgan fingerprint density at radius 3 is 2.30 bits per heavy atom. The van der Waals surface area contributed by atoms with Crippen LogP contribution in [0.15, 0.2) is 61.2 Å². The first-order valence-electron chi connectivity index (χ1n) is 8.27. The van der Waals surface area contributed by atoms with Crippen LogP contribution in [0.1, 0.15) is 6.92 Å². The van der Waals surface area contributed by atoms with E-state index in [-0.39, 0.29) is 13.2 Å². The van der Waals surface area contributed by atoms with Crippen molar-refractivity contribution in [3.05, 3.63) is 66.2 Å². The van der Waals surface area contributed by atoms with Gasteiger partial charge in [-0.05, 0) is 55.5 Å². The summed E-state index contributed by atoms with van der Waals surface area (Å²) in [4.78, 5) is 11.5. The topological polar surface area (TPSA) is 73.9 Å². The SMILES string of the molecule is C=CCNP(=O)(OCC(=O)OCC)c1ccc(Oc2ccc(Cl)cc2)cc1. The third-order valence-electron chi connectivity index (χ3n) is 3.34. The number of rotatable bonds is 10. The Morgan fingerprint density at radius 1 is 1.15 bits per heavy atom. The Labute approximate surface area is 163 Å². The van der Waals surface area contributed by atoms with E-state index in [0.29, 0.717) is 21.8 Å². The highest BCUT2D eigenvalue weighted by atomic mass is 35.5. The maximum Gasteiger partial charge on any atom is 0.332 e. The van der Waals surface area contributed by atoms with Crippen molar-refractivity contribution in [2.75, 3.05) is 19.8 Å². The van der Waals surface area contributed by atoms with E-state index in [4.69, 9.17) is 25.6 Å². The fraction of sp³-hybridized carbons (Fsp3) is 0.211. The molecule has 6 nitrogen and oxygen atoms in total. The van der Waals surface area contributed by atoms with Crippen LogP contribution in [0.2, 0.25) is 5.02 Å². The molecule has 0 heterocycles. The molecule has 1 atom stereocenters. The fourth-order valence-corrected chi connectivity index (χ4v) is 3.84. The van der Waals surface area contributed by atoms with E-state index in [1.807, 2.05) is 0 Å². The van der Waals surface area contributed by atoms with E-state index < -0.39 is 20.1 Å². The van der Waals surface area contributed by atoms with Crippen molar-refractivity contribution >= 4 is 30.4 Å². The zero-order chi connectivity index (χ0) is 19.7. The summed E-state index contributed by atoms with van der Waals surface area (Å²) in [7, 11) is -3.47. The second-order valence-corrected chi connectivity index (χ2v) is 7.96. The second kappa shape index (κ2) is 10.3. The van der Waals surface area contributed by atoms with Crippen molar-refractivity contribution in [3.63, 3.8) is 0 Å². The van der Waals surface area contributed by atoms with Crippen LogP contribution >= 0.6 is 19.1 Å². The number of esters is 1. The van der Waals surface area contributed by atoms with Crippen molar-refractivity contribution in [2.45, 2.75) is 6.92 Å². The normalized spacial score (nSPS) is 12.8. The van der Waals surface area contributed by atoms with Crippen molar-refractivity contribution in [1.29, 1.82) is 0 Å². The molecule has 0 amide bonds. The van der Waals surface area contributed by atoms with E-state index in [0.717, 1.165) is 0 Å². The zero-order valence-corrected chi connectivity index (χ0v) is 16.5. The lowest BCUT2D eigenvalue weighted by atomic mass is 10.3. The third kappa shape index (κ3) is 6.52. The average molecular weight is 410 g/mol. The summed E-state index contributed by atoms with van der Waals surface area (Å²) in [6, 6.07) is 13.5. The highest BCUT2D eigenvalue weighted by Crippen LogP contribution is 2.41. The van der Waals surface area contributed by atoms with E-state index in [1.165, 1.54) is 0 Å². The van der Waals surface area contributed by atoms with Gasteiger partial charge >= 0.3 is 13.5 Å². The van der Waals surface area contributed by atoms with Crippen molar-refractivity contribution < 1.29 is 23.4 Å². The molecule has 144 valence electrons. The smallest absolute Gasteiger partial charge is 0.332 e. The summed E-state index contributed by atoms with van der Waals surface area (Å²) >= 11 is 5.85. The Kier molecular flexibility index (Phi) is 8.07. The molecule has 0 saturated heterocycles. The van der Waals surface area contributed by atoms with Gasteiger partial charge in [-0.2, -0.15) is 0 Å². The molecule has 2 aromatic rings. The molecule has 0 fully saturated rings. The van der Waals surface area contributed by atoms with Crippen LogP contribution in [0.4, 0.5) is 0 Å². The van der Waals surface area contributed by atoms with Gasteiger partial charge in [-0.3, -0.25) is 4.57 Å². The molecule has 0 bridgehead atoms. The summed E-state index contributed by atoms with van der Waals surface area (Å²) in [5.74, 6) is 0.598. The molecule has 0 radical (unpaired) electrons. The molecule has 0 aromatic heterocycles. The van der Waals surface area contributed by atoms with Gasteiger partial charge in [-0.25, -0.2) is 9.88 Å². The van der Waals surface area contributed by atoms with Gasteiger partial charge in [-0.1, -0.05) is 17.7 Å². The highest BCUT2D eigenvalue weighted by Gasteiger charge is 2.26. The lowest BCUT2D eigenvalue weighted by Gasteiger charge is -2.19. The largest absolute Gasteiger partial charge is 0.464 e. The number of carbonyl (C=O) groups is 1. The molecule has 0 spiro atoms. The van der Waals surface area contributed by atoms with Gasteiger partial charge in [0.05, 0.1) is 11.9 Å². The number of carbonyl (C=O) groups excluding carboxylic acids is 1. The van der Waals surface area contributed by atoms with Crippen LogP contribution in [0.25, 0.3) is 0 Å². The third-order valence-corrected chi connectivity index (χ3v) is 5.66. The molecule has 1 unspecified atom stereocenters. The van der Waals surface area contributed by atoms with E-state index in [1.54, 1.807) is 61.5 Å². The van der Waals surface area contributed by atoms with Crippen LogP contribution in [-0.2, 0) is 18.6 Å². The summed E-state index contributed by atoms with van der Waals surface area (Å²) in [6.45, 7) is 5.34. The predicted octanol–water partition coefficient (Wildman–Crippen LogP) is 4.31. The van der Waals surface area contributed by atoms with Crippen molar-refractivity contribution in [1.82, 2.24) is 5.09 Å². The van der Waals surface area contributed by atoms with Crippen LogP contribution in [0.5, 0.6) is 11.5 Å². The molecule has 0 aliphatic carbocycles. The lowest BCUT2D eigenvalue weighted by Crippen LogP contribution is -2.24. The number of ether oxygens (including phenoxy) is 2. The van der Waals surface area contributed by atoms with E-state index in [9.17, 15) is 9.36 Å². The quantitative estimate of drug-likeness (QED) is 0.358. The number of benzene rings is 2. The Bertz CT molecular complexity index is 808. The molecule has 8 heteroatoms. The molecule has 2 rings (SSSR count). The first-order valence-corrected chi connectivity index (χ1v) is 10.3. The van der Waals surface area contributed by atoms with Crippen LogP contribution in [0, 0.1) is 0 Å². The van der Waals surface area contributed by atoms with Crippen LogP contribution < -0.4 is 15.1 Å². The standard InChI is InChI=1S/C19H21ClNO5P/c1-3-13-21-27(23,25-14-19(22)24-4-2)18-11-9-17(10-12-18)26-16-7-5-15(20)6-8-16/h3,5-12H,1,4,13-14H2,2H3,(H,21,23). The highest BCUT2D eigenvalue weighted by molar-refractivity contribution is 7.65. The molecule has 0 aliphatic heterocycles. The first-order chi connectivity index (χ1) is 13.0. The van der Waals surface area contributed by atoms with Gasteiger partial charge in [0.15, 0.2) is 6.61 Å². The van der Waals surface area contributed by atoms with Crippen molar-refractivity contribution in [3.8, 4) is 11.5 Å². The summed E-state index contributed by atoms with van der Waals surface area (Å²) in [5.41, 5.74) is 0. The van der Waals surface area contributed by atoms with Gasteiger partial charge in [0, 0.05) is 11.6 Å². The van der Waals surface area contributed by atoms with Gasteiger partial charge in [0.1, 0.15) is 11.5 Å². The molecule has 2 aromatic carbocycles. The maximum atomic E-state index is 13.1. The average Bonchev–Trinajstić information content (AvgIpc) is 2.67. The van der Waals surface area contributed by atoms with Crippen molar-refractivity contribution in [2.24, 2.45) is 0 Å². The second-order valence-electron chi connectivity index (χ2n) is 5.33. The summed E-state index contributed by atoms with van der Waals surface area (Å²) < 4.78 is 29.0. The summed E-state index contributed by atoms with van der Waals surface area (Å²) in [6.07, 6.45) is 1.55. The monoisotopic (exact) mass is 409 g/mol. The van der Waals surface area contributed by atoms with E-state index >= 15 is 0 Å².